The largest absolute Gasteiger partial charge is 0.292 e. The third-order valence-electron chi connectivity index (χ3n) is 2.14. The molecule has 0 aliphatic heterocycles. The van der Waals surface area contributed by atoms with Crippen molar-refractivity contribution in [1.29, 1.82) is 0 Å². The Kier molecular flexibility index (Phi) is 2.50. The van der Waals surface area contributed by atoms with Crippen LogP contribution < -0.4 is 5.56 Å². The number of aromatic amines is 1. The van der Waals surface area contributed by atoms with Crippen molar-refractivity contribution in [3.63, 3.8) is 0 Å². The van der Waals surface area contributed by atoms with E-state index in [-0.39, 0.29) is 5.56 Å². The van der Waals surface area contributed by atoms with Crippen LogP contribution in [0.1, 0.15) is 12.8 Å². The van der Waals surface area contributed by atoms with Crippen molar-refractivity contribution >= 4 is 10.9 Å². The average Bonchev–Trinajstić information content (AvgIpc) is 2.70. The minimum Gasteiger partial charge on any atom is -0.272 e. The molecule has 0 radical (unpaired) electrons. The highest BCUT2D eigenvalue weighted by molar-refractivity contribution is 5.75. The summed E-state index contributed by atoms with van der Waals surface area (Å²) in [6.07, 6.45) is 9.73. The second-order valence-electron chi connectivity index (χ2n) is 3.18. The molecule has 0 bridgehead atoms. The molecule has 0 unspecified atom stereocenters. The van der Waals surface area contributed by atoms with Gasteiger partial charge in [-0.1, -0.05) is 0 Å². The molecule has 1 N–H and O–H groups in total. The Morgan fingerprint density at radius 3 is 3.20 bits per heavy atom. The summed E-state index contributed by atoms with van der Waals surface area (Å²) in [5, 5.41) is 11.2. The zero-order valence-electron chi connectivity index (χ0n) is 8.10. The molecule has 76 valence electrons. The molecule has 15 heavy (non-hydrogen) atoms. The van der Waals surface area contributed by atoms with Crippen LogP contribution in [0.3, 0.4) is 0 Å². The van der Waals surface area contributed by atoms with E-state index in [0.29, 0.717) is 18.5 Å². The molecule has 0 spiro atoms. The van der Waals surface area contributed by atoms with Crippen LogP contribution >= 0.6 is 0 Å². The Bertz CT molecular complexity index is 561. The predicted molar refractivity (Wildman–Crippen MR) is 56.2 cm³/mol. The first-order chi connectivity index (χ1) is 7.33. The molecule has 0 aliphatic rings. The van der Waals surface area contributed by atoms with Gasteiger partial charge in [-0.05, 0) is 6.42 Å². The van der Waals surface area contributed by atoms with Crippen LogP contribution in [-0.2, 0) is 6.54 Å². The third-order valence-corrected chi connectivity index (χ3v) is 2.14. The Morgan fingerprint density at radius 2 is 2.40 bits per heavy atom. The number of terminal acetylenes is 1. The maximum absolute atomic E-state index is 11.8. The van der Waals surface area contributed by atoms with Gasteiger partial charge in [-0.25, -0.2) is 4.68 Å². The minimum atomic E-state index is -0.151. The second-order valence-corrected chi connectivity index (χ2v) is 3.18. The SMILES string of the molecule is C#CCCCn1ncc2cn[nH]c2c1=O. The third kappa shape index (κ3) is 1.74. The number of rotatable bonds is 3. The summed E-state index contributed by atoms with van der Waals surface area (Å²) in [6.45, 7) is 0.540. The lowest BCUT2D eigenvalue weighted by atomic mass is 10.3. The van der Waals surface area contributed by atoms with Gasteiger partial charge in [-0.15, -0.1) is 12.3 Å². The molecular formula is C10H10N4O. The Hall–Kier alpha value is -2.09. The first kappa shape index (κ1) is 9.46. The van der Waals surface area contributed by atoms with E-state index in [9.17, 15) is 4.79 Å². The number of fused-ring (bicyclic) bond motifs is 1. The molecular weight excluding hydrogens is 192 g/mol. The van der Waals surface area contributed by atoms with Crippen LogP contribution in [0.5, 0.6) is 0 Å². The Morgan fingerprint density at radius 1 is 1.53 bits per heavy atom. The maximum atomic E-state index is 11.8. The van der Waals surface area contributed by atoms with Crippen LogP contribution in [0.4, 0.5) is 0 Å². The van der Waals surface area contributed by atoms with Crippen LogP contribution in [0.25, 0.3) is 10.9 Å². The predicted octanol–water partition coefficient (Wildman–Crippen LogP) is 0.533. The Balaban J connectivity index is 2.32. The highest BCUT2D eigenvalue weighted by Gasteiger charge is 2.04. The van der Waals surface area contributed by atoms with E-state index in [4.69, 9.17) is 6.42 Å². The summed E-state index contributed by atoms with van der Waals surface area (Å²) < 4.78 is 1.40. The molecule has 0 aliphatic carbocycles. The van der Waals surface area contributed by atoms with E-state index in [2.05, 4.69) is 21.2 Å². The van der Waals surface area contributed by atoms with Gasteiger partial charge in [0.1, 0.15) is 5.52 Å². The summed E-state index contributed by atoms with van der Waals surface area (Å²) in [7, 11) is 0. The lowest BCUT2D eigenvalue weighted by Gasteiger charge is -2.01. The van der Waals surface area contributed by atoms with Gasteiger partial charge in [0.15, 0.2) is 0 Å². The van der Waals surface area contributed by atoms with Crippen molar-refractivity contribution < 1.29 is 0 Å². The fourth-order valence-corrected chi connectivity index (χ4v) is 1.37. The summed E-state index contributed by atoms with van der Waals surface area (Å²) in [5.74, 6) is 2.53. The molecule has 0 saturated heterocycles. The summed E-state index contributed by atoms with van der Waals surface area (Å²) >= 11 is 0. The number of nitrogens with zero attached hydrogens (tertiary/aromatic N) is 3. The van der Waals surface area contributed by atoms with Crippen molar-refractivity contribution in [3.8, 4) is 12.3 Å². The van der Waals surface area contributed by atoms with E-state index in [1.165, 1.54) is 4.68 Å². The van der Waals surface area contributed by atoms with Crippen molar-refractivity contribution in [2.45, 2.75) is 19.4 Å². The Labute approximate surface area is 86.1 Å². The van der Waals surface area contributed by atoms with Gasteiger partial charge in [-0.2, -0.15) is 10.2 Å². The summed E-state index contributed by atoms with van der Waals surface area (Å²) in [6, 6.07) is 0. The molecule has 0 saturated carbocycles. The first-order valence-corrected chi connectivity index (χ1v) is 4.65. The molecule has 0 aromatic carbocycles. The van der Waals surface area contributed by atoms with E-state index < -0.39 is 0 Å². The van der Waals surface area contributed by atoms with Gasteiger partial charge in [0.05, 0.1) is 12.4 Å². The van der Waals surface area contributed by atoms with E-state index in [1.54, 1.807) is 12.4 Å². The summed E-state index contributed by atoms with van der Waals surface area (Å²) in [5.41, 5.74) is 0.340. The zero-order valence-corrected chi connectivity index (χ0v) is 8.10. The molecule has 2 aromatic rings. The number of unbranched alkanes of at least 4 members (excludes halogenated alkanes) is 1. The van der Waals surface area contributed by atoms with Crippen LogP contribution in [0, 0.1) is 12.3 Å². The number of hydrogen-bond donors (Lipinski definition) is 1. The van der Waals surface area contributed by atoms with Crippen molar-refractivity contribution in [3.05, 3.63) is 22.7 Å². The van der Waals surface area contributed by atoms with Gasteiger partial charge in [0.25, 0.3) is 5.56 Å². The van der Waals surface area contributed by atoms with E-state index >= 15 is 0 Å². The van der Waals surface area contributed by atoms with Crippen molar-refractivity contribution in [2.24, 2.45) is 0 Å². The van der Waals surface area contributed by atoms with Crippen molar-refractivity contribution in [2.75, 3.05) is 0 Å². The molecule has 2 aromatic heterocycles. The number of hydrogen-bond acceptors (Lipinski definition) is 3. The topological polar surface area (TPSA) is 63.6 Å². The van der Waals surface area contributed by atoms with Crippen LogP contribution in [0.2, 0.25) is 0 Å². The number of nitrogens with one attached hydrogen (secondary N) is 1. The molecule has 0 fully saturated rings. The van der Waals surface area contributed by atoms with Crippen LogP contribution in [-0.4, -0.2) is 20.0 Å². The highest BCUT2D eigenvalue weighted by atomic mass is 16.1. The lowest BCUT2D eigenvalue weighted by molar-refractivity contribution is 0.560. The normalized spacial score (nSPS) is 10.3. The number of aromatic nitrogens is 4. The van der Waals surface area contributed by atoms with Gasteiger partial charge in [0.2, 0.25) is 0 Å². The first-order valence-electron chi connectivity index (χ1n) is 4.65. The van der Waals surface area contributed by atoms with Gasteiger partial charge in [0, 0.05) is 18.4 Å². The quantitative estimate of drug-likeness (QED) is 0.583. The fourth-order valence-electron chi connectivity index (χ4n) is 1.37. The highest BCUT2D eigenvalue weighted by Crippen LogP contribution is 2.02. The van der Waals surface area contributed by atoms with E-state index in [1.807, 2.05) is 0 Å². The molecule has 0 amide bonds. The fraction of sp³-hybridized carbons (Fsp3) is 0.300. The average molecular weight is 202 g/mol. The molecule has 5 heteroatoms. The summed E-state index contributed by atoms with van der Waals surface area (Å²) in [4.78, 5) is 11.8. The number of aryl methyl sites for hydroxylation is 1. The van der Waals surface area contributed by atoms with E-state index in [0.717, 1.165) is 11.8 Å². The second kappa shape index (κ2) is 3.96. The molecule has 5 nitrogen and oxygen atoms in total. The maximum Gasteiger partial charge on any atom is 0.292 e. The smallest absolute Gasteiger partial charge is 0.272 e. The standard InChI is InChI=1S/C10H10N4O/c1-2-3-4-5-14-10(15)9-8(7-12-14)6-11-13-9/h1,6-7H,3-5H2,(H,11,13). The molecule has 2 rings (SSSR count). The van der Waals surface area contributed by atoms with Crippen LogP contribution in [0.15, 0.2) is 17.2 Å². The van der Waals surface area contributed by atoms with Gasteiger partial charge >= 0.3 is 0 Å². The van der Waals surface area contributed by atoms with Gasteiger partial charge in [-0.3, -0.25) is 9.89 Å². The van der Waals surface area contributed by atoms with Gasteiger partial charge < -0.3 is 0 Å². The van der Waals surface area contributed by atoms with Crippen molar-refractivity contribution in [1.82, 2.24) is 20.0 Å². The monoisotopic (exact) mass is 202 g/mol. The lowest BCUT2D eigenvalue weighted by Crippen LogP contribution is -2.22. The number of H-pyrrole nitrogens is 1. The molecule has 0 atom stereocenters. The zero-order chi connectivity index (χ0) is 10.7. The molecule has 2 heterocycles. The minimum absolute atomic E-state index is 0.151.